The molecule has 0 radical (unpaired) electrons. The molecule has 134 heavy (non-hydrogen) atoms. The second-order valence-electron chi connectivity index (χ2n) is 33.5. The summed E-state index contributed by atoms with van der Waals surface area (Å²) < 4.78 is 11.4. The van der Waals surface area contributed by atoms with Crippen LogP contribution in [0.25, 0.3) is 21.7 Å². The number of thioether (sulfide) groups is 1. The molecule has 29 N–H and O–H groups in total. The molecule has 13 unspecified atom stereocenters. The molecular formula is C89H123N21O23S. The second-order valence-corrected chi connectivity index (χ2v) is 34.7. The molecule has 4 aromatic carbocycles. The summed E-state index contributed by atoms with van der Waals surface area (Å²) in [4.78, 5) is 270. The third-order valence-corrected chi connectivity index (χ3v) is 24.1. The van der Waals surface area contributed by atoms with Gasteiger partial charge in [0.2, 0.25) is 106 Å². The van der Waals surface area contributed by atoms with Gasteiger partial charge in [-0.3, -0.25) is 91.1 Å². The highest BCUT2D eigenvalue weighted by atomic mass is 32.2. The van der Waals surface area contributed by atoms with Crippen LogP contribution < -0.4 is 114 Å². The van der Waals surface area contributed by atoms with Gasteiger partial charge in [-0.2, -0.15) is 11.8 Å². The molecule has 5 aromatic rings. The number of aliphatic carboxylic acids is 1. The number of nitrogens with one attached hydrogen (secondary N) is 15. The molecule has 2 saturated heterocycles. The van der Waals surface area contributed by atoms with Crippen LogP contribution in [0.4, 0.5) is 0 Å². The summed E-state index contributed by atoms with van der Waals surface area (Å²) in [7, 11) is 0. The molecule has 2 aliphatic heterocycles. The molecule has 13 atom stereocenters. The van der Waals surface area contributed by atoms with Crippen molar-refractivity contribution >= 4 is 146 Å². The lowest BCUT2D eigenvalue weighted by Gasteiger charge is -2.38. The summed E-state index contributed by atoms with van der Waals surface area (Å²) in [5.41, 5.74) is 33.4. The number of hydrogen-bond acceptors (Lipinski definition) is 25. The van der Waals surface area contributed by atoms with E-state index in [2.05, 4.69) is 79.4 Å². The molecule has 8 rings (SSSR count). The summed E-state index contributed by atoms with van der Waals surface area (Å²) in [6.07, 6.45) is -1.51. The fourth-order valence-electron chi connectivity index (χ4n) is 15.7. The molecule has 45 heteroatoms. The molecule has 0 spiro atoms. The van der Waals surface area contributed by atoms with Crippen LogP contribution in [0.1, 0.15) is 153 Å². The Hall–Kier alpha value is -13.4. The van der Waals surface area contributed by atoms with Crippen LogP contribution >= 0.6 is 11.8 Å². The summed E-state index contributed by atoms with van der Waals surface area (Å²) in [5, 5.41) is 59.5. The second kappa shape index (κ2) is 52.7. The summed E-state index contributed by atoms with van der Waals surface area (Å²) in [6.45, 7) is 2.56. The van der Waals surface area contributed by atoms with Gasteiger partial charge in [0.25, 0.3) is 0 Å². The van der Waals surface area contributed by atoms with E-state index in [-0.39, 0.29) is 70.6 Å². The van der Waals surface area contributed by atoms with Gasteiger partial charge in [0.15, 0.2) is 0 Å². The maximum absolute atomic E-state index is 15.9. The van der Waals surface area contributed by atoms with Crippen molar-refractivity contribution in [2.45, 2.75) is 245 Å². The van der Waals surface area contributed by atoms with Crippen molar-refractivity contribution in [2.24, 2.45) is 34.4 Å². The highest BCUT2D eigenvalue weighted by Crippen LogP contribution is 2.27. The van der Waals surface area contributed by atoms with E-state index < -0.39 is 260 Å². The van der Waals surface area contributed by atoms with Crippen molar-refractivity contribution in [1.29, 1.82) is 0 Å². The van der Waals surface area contributed by atoms with Crippen LogP contribution in [0.2, 0.25) is 0 Å². The number of carbonyl (C=O) groups excluding carboxylic acids is 18. The predicted molar refractivity (Wildman–Crippen MR) is 487 cm³/mol. The van der Waals surface area contributed by atoms with Gasteiger partial charge in [0.05, 0.1) is 18.9 Å². The number of fused-ring (bicyclic) bond motifs is 2. The standard InChI is InChI=1S/C89H123N21O23S/c1-48(111)75-87(130)106-66(43-54-46-97-58-17-9-8-16-57(54)58)82(125)101-60(25-28-70(91)113)77(120)107-69(47-134-39-31-63(98-49(2)112)79(122)100-61(80(123)109-75)26-29-71(92)114)85(128)102-64(41-50-20-23-56(24-21-50)133-38-34-90)81(124)103-65(42-51-19-22-52-12-6-7-13-53(52)40-51)86(129)110-89(32-36-132-37-33-89)88(131)108-62(27-30-74(117)118)78(121)104-68(45-73(94)116)84(127)105-67(44-72(93)115)83(126)99-59(76(95)119)18-10-11-35-96-55-14-4-3-5-15-55/h6-9,12-13,16-17,19-24,40,46,48,55,59-69,75,96-97,111H,3-5,10-11,14-15,18,25-39,41-45,47,90H2,1-2H3,(H2,91,113)(H2,92,114)(H2,93,115)(H2,94,116)(H2,95,119)(H,98,112)(H,99,126)(H,100,122)(H,101,125)(H,102,128)(H,103,124)(H,104,121)(H,105,127)(H,106,130)(H,107,120)(H,108,131)(H,109,123)(H,110,129)(H,117,118). The van der Waals surface area contributed by atoms with Crippen molar-refractivity contribution in [3.8, 4) is 5.75 Å². The highest BCUT2D eigenvalue weighted by Gasteiger charge is 2.46. The monoisotopic (exact) mass is 1890 g/mol. The quantitative estimate of drug-likeness (QED) is 0.0163. The van der Waals surface area contributed by atoms with Crippen molar-refractivity contribution in [1.82, 2.24) is 79.4 Å². The number of aromatic amines is 1. The molecule has 1 aromatic heterocycles. The van der Waals surface area contributed by atoms with Gasteiger partial charge in [-0.25, -0.2) is 0 Å². The number of ether oxygens (including phenoxy) is 2. The number of carboxylic acid groups (broad SMARTS) is 1. The molecule has 728 valence electrons. The number of benzene rings is 4. The first-order valence-electron chi connectivity index (χ1n) is 44.5. The topological polar surface area (TPSA) is 724 Å². The first-order valence-corrected chi connectivity index (χ1v) is 45.6. The number of aromatic nitrogens is 1. The minimum atomic E-state index is -2.13. The van der Waals surface area contributed by atoms with Crippen molar-refractivity contribution < 1.29 is 111 Å². The lowest BCUT2D eigenvalue weighted by molar-refractivity contribution is -0.142. The van der Waals surface area contributed by atoms with Gasteiger partial charge in [-0.1, -0.05) is 92.1 Å². The number of aliphatic hydroxyl groups excluding tert-OH is 1. The van der Waals surface area contributed by atoms with Crippen LogP contribution in [0.15, 0.2) is 97.2 Å². The number of hydrogen-bond donors (Lipinski definition) is 23. The highest BCUT2D eigenvalue weighted by molar-refractivity contribution is 7.99. The number of nitrogens with two attached hydrogens (primary N) is 6. The largest absolute Gasteiger partial charge is 0.492 e. The molecule has 1 saturated carbocycles. The van der Waals surface area contributed by atoms with Gasteiger partial charge >= 0.3 is 5.97 Å². The summed E-state index contributed by atoms with van der Waals surface area (Å²) >= 11 is 0.901. The SMILES string of the molecule is CC(=O)NC1CCSCC(C(=O)NC(Cc2ccc(OCCN)cc2)C(=O)NC(Cc2ccc3ccccc3c2)C(=O)NC2(C(=O)NC(CCC(=O)O)C(=O)NC(CC(N)=O)C(=O)NC(CC(N)=O)C(=O)NC(CCCCNC3CCCCC3)C(N)=O)CCOCC2)NC(=O)C(CCC(N)=O)NC(=O)C(Cc2c[nH]c3ccccc23)NC(=O)C(C(C)O)NC(=O)C(CCC(N)=O)NC1=O. The Balaban J connectivity index is 1.13. The Kier molecular flexibility index (Phi) is 41.7. The molecule has 0 bridgehead atoms. The van der Waals surface area contributed by atoms with E-state index in [4.69, 9.17) is 43.9 Å². The molecule has 3 aliphatic rings. The van der Waals surface area contributed by atoms with Crippen molar-refractivity contribution in [3.63, 3.8) is 0 Å². The Morgan fingerprint density at radius 1 is 0.567 bits per heavy atom. The molecule has 44 nitrogen and oxygen atoms in total. The number of aliphatic hydroxyl groups is 1. The Bertz CT molecular complexity index is 5010. The van der Waals surface area contributed by atoms with E-state index in [1.807, 2.05) is 6.07 Å². The minimum absolute atomic E-state index is 0.0561. The first-order chi connectivity index (χ1) is 63.9. The van der Waals surface area contributed by atoms with Gasteiger partial charge < -0.3 is 134 Å². The van der Waals surface area contributed by atoms with Gasteiger partial charge in [0.1, 0.15) is 90.4 Å². The zero-order valence-electron chi connectivity index (χ0n) is 74.7. The lowest BCUT2D eigenvalue weighted by atomic mass is 9.87. The van der Waals surface area contributed by atoms with Gasteiger partial charge in [0, 0.05) is 107 Å². The maximum atomic E-state index is 15.9. The third-order valence-electron chi connectivity index (χ3n) is 23.0. The number of rotatable bonds is 45. The Morgan fingerprint density at radius 3 is 1.74 bits per heavy atom. The molecule has 3 fully saturated rings. The number of amides is 18. The smallest absolute Gasteiger partial charge is 0.303 e. The average molecular weight is 1890 g/mol. The summed E-state index contributed by atoms with van der Waals surface area (Å²) in [6, 6.07) is 4.51. The Morgan fingerprint density at radius 2 is 1.13 bits per heavy atom. The van der Waals surface area contributed by atoms with Crippen LogP contribution in [-0.4, -0.2) is 262 Å². The van der Waals surface area contributed by atoms with E-state index in [9.17, 15) is 72.5 Å². The van der Waals surface area contributed by atoms with Crippen molar-refractivity contribution in [2.75, 3.05) is 44.4 Å². The van der Waals surface area contributed by atoms with Gasteiger partial charge in [-0.15, -0.1) is 0 Å². The van der Waals surface area contributed by atoms with E-state index >= 15 is 28.8 Å². The third kappa shape index (κ3) is 34.0. The average Bonchev–Trinajstić information content (AvgIpc) is 1.10. The zero-order valence-corrected chi connectivity index (χ0v) is 75.5. The summed E-state index contributed by atoms with van der Waals surface area (Å²) in [5.74, 6) is -21.4. The number of carboxylic acids is 1. The molecular weight excluding hydrogens is 1760 g/mol. The van der Waals surface area contributed by atoms with E-state index in [1.54, 1.807) is 79.0 Å². The van der Waals surface area contributed by atoms with Crippen LogP contribution in [0.5, 0.6) is 5.75 Å². The van der Waals surface area contributed by atoms with Crippen LogP contribution in [-0.2, 0) is 115 Å². The number of unbranched alkanes of at least 4 members (excludes halogenated alkanes) is 1. The number of carbonyl (C=O) groups is 19. The van der Waals surface area contributed by atoms with Crippen LogP contribution in [0, 0.1) is 0 Å². The van der Waals surface area contributed by atoms with Crippen LogP contribution in [0.3, 0.4) is 0 Å². The number of H-pyrrole nitrogens is 1. The van der Waals surface area contributed by atoms with E-state index in [1.165, 1.54) is 12.1 Å². The first kappa shape index (κ1) is 106. The van der Waals surface area contributed by atoms with Crippen molar-refractivity contribution in [3.05, 3.63) is 114 Å². The Labute approximate surface area is 776 Å². The molecule has 18 amide bonds. The normalized spacial score (nSPS) is 19.8. The molecule has 3 heterocycles. The van der Waals surface area contributed by atoms with E-state index in [0.29, 0.717) is 64.2 Å². The fourth-order valence-corrected chi connectivity index (χ4v) is 16.7. The van der Waals surface area contributed by atoms with Gasteiger partial charge in [-0.05, 0) is 123 Å². The van der Waals surface area contributed by atoms with E-state index in [0.717, 1.165) is 63.1 Å². The number of primary amides is 5. The lowest BCUT2D eigenvalue weighted by Crippen LogP contribution is -2.67. The zero-order chi connectivity index (χ0) is 97.7. The fraction of sp³-hybridized carbons (Fsp3) is 0.517. The maximum Gasteiger partial charge on any atom is 0.303 e. The predicted octanol–water partition coefficient (Wildman–Crippen LogP) is -4.57. The molecule has 1 aliphatic carbocycles. The minimum Gasteiger partial charge on any atom is -0.492 e. The number of para-hydroxylation sites is 1.